The molecule has 1 aromatic heterocycles. The standard InChI is InChI=1S/C23H25N5O3/c29-23(17-31-16-18-4-2-1-3-5-18)26-20-8-6-19(7-9-20)25-22-14-21(15-24-27-22)28-10-12-30-13-11-28/h1-9,14-15H,10-13,16-17H2,(H,25,27)(H,26,29). The van der Waals surface area contributed by atoms with Crippen molar-refractivity contribution in [2.24, 2.45) is 0 Å². The minimum Gasteiger partial charge on any atom is -0.378 e. The van der Waals surface area contributed by atoms with Gasteiger partial charge < -0.3 is 25.0 Å². The van der Waals surface area contributed by atoms with E-state index >= 15 is 0 Å². The smallest absolute Gasteiger partial charge is 0.250 e. The van der Waals surface area contributed by atoms with Crippen LogP contribution in [0.3, 0.4) is 0 Å². The van der Waals surface area contributed by atoms with Crippen LogP contribution in [-0.4, -0.2) is 49.0 Å². The molecule has 0 unspecified atom stereocenters. The number of anilines is 4. The van der Waals surface area contributed by atoms with E-state index in [0.717, 1.165) is 43.2 Å². The molecule has 0 spiro atoms. The number of rotatable bonds is 8. The number of morpholine rings is 1. The molecule has 8 heteroatoms. The van der Waals surface area contributed by atoms with Crippen LogP contribution in [-0.2, 0) is 20.9 Å². The third-order valence-corrected chi connectivity index (χ3v) is 4.80. The van der Waals surface area contributed by atoms with Crippen molar-refractivity contribution in [1.29, 1.82) is 0 Å². The number of nitrogens with zero attached hydrogens (tertiary/aromatic N) is 3. The lowest BCUT2D eigenvalue weighted by Gasteiger charge is -2.28. The van der Waals surface area contributed by atoms with Crippen LogP contribution in [0.5, 0.6) is 0 Å². The Balaban J connectivity index is 1.26. The second-order valence-corrected chi connectivity index (χ2v) is 7.13. The van der Waals surface area contributed by atoms with E-state index in [1.807, 2.05) is 60.7 Å². The fourth-order valence-electron chi connectivity index (χ4n) is 3.23. The van der Waals surface area contributed by atoms with Gasteiger partial charge >= 0.3 is 0 Å². The van der Waals surface area contributed by atoms with Gasteiger partial charge in [-0.3, -0.25) is 4.79 Å². The first-order valence-corrected chi connectivity index (χ1v) is 10.2. The van der Waals surface area contributed by atoms with Crippen molar-refractivity contribution >= 4 is 28.8 Å². The van der Waals surface area contributed by atoms with Gasteiger partial charge in [0.15, 0.2) is 5.82 Å². The maximum Gasteiger partial charge on any atom is 0.250 e. The molecular weight excluding hydrogens is 394 g/mol. The van der Waals surface area contributed by atoms with Crippen molar-refractivity contribution in [3.05, 3.63) is 72.4 Å². The Morgan fingerprint density at radius 3 is 2.55 bits per heavy atom. The molecule has 0 atom stereocenters. The number of amides is 1. The molecule has 8 nitrogen and oxygen atoms in total. The molecule has 31 heavy (non-hydrogen) atoms. The van der Waals surface area contributed by atoms with Gasteiger partial charge in [0.1, 0.15) is 6.61 Å². The normalized spacial score (nSPS) is 13.6. The molecule has 4 rings (SSSR count). The van der Waals surface area contributed by atoms with E-state index < -0.39 is 0 Å². The number of hydrogen-bond donors (Lipinski definition) is 2. The lowest BCUT2D eigenvalue weighted by molar-refractivity contribution is -0.121. The molecule has 2 N–H and O–H groups in total. The Labute approximate surface area is 181 Å². The lowest BCUT2D eigenvalue weighted by atomic mass is 10.2. The summed E-state index contributed by atoms with van der Waals surface area (Å²) in [4.78, 5) is 14.3. The number of carbonyl (C=O) groups is 1. The number of ether oxygens (including phenoxy) is 2. The Kier molecular flexibility index (Phi) is 7.04. The average Bonchev–Trinajstić information content (AvgIpc) is 2.82. The van der Waals surface area contributed by atoms with Crippen LogP contribution < -0.4 is 15.5 Å². The second kappa shape index (κ2) is 10.5. The van der Waals surface area contributed by atoms with Crippen molar-refractivity contribution in [2.75, 3.05) is 48.4 Å². The Morgan fingerprint density at radius 2 is 1.77 bits per heavy atom. The zero-order chi connectivity index (χ0) is 21.3. The third-order valence-electron chi connectivity index (χ3n) is 4.80. The molecule has 1 fully saturated rings. The van der Waals surface area contributed by atoms with Gasteiger partial charge in [-0.15, -0.1) is 5.10 Å². The van der Waals surface area contributed by atoms with Gasteiger partial charge in [0.25, 0.3) is 0 Å². The van der Waals surface area contributed by atoms with Crippen molar-refractivity contribution < 1.29 is 14.3 Å². The van der Waals surface area contributed by atoms with Gasteiger partial charge in [0.2, 0.25) is 5.91 Å². The Bertz CT molecular complexity index is 976. The number of carbonyl (C=O) groups excluding carboxylic acids is 1. The van der Waals surface area contributed by atoms with Crippen LogP contribution in [0.4, 0.5) is 22.9 Å². The number of aromatic nitrogens is 2. The van der Waals surface area contributed by atoms with Gasteiger partial charge in [-0.1, -0.05) is 30.3 Å². The molecule has 0 radical (unpaired) electrons. The number of hydrogen-bond acceptors (Lipinski definition) is 7. The summed E-state index contributed by atoms with van der Waals surface area (Å²) in [6.45, 7) is 3.52. The monoisotopic (exact) mass is 419 g/mol. The number of benzene rings is 2. The molecule has 3 aromatic rings. The summed E-state index contributed by atoms with van der Waals surface area (Å²) < 4.78 is 10.9. The van der Waals surface area contributed by atoms with Crippen LogP contribution in [0.1, 0.15) is 5.56 Å². The fraction of sp³-hybridized carbons (Fsp3) is 0.261. The summed E-state index contributed by atoms with van der Waals surface area (Å²) >= 11 is 0. The van der Waals surface area contributed by atoms with Crippen LogP contribution >= 0.6 is 0 Å². The van der Waals surface area contributed by atoms with Gasteiger partial charge in [-0.2, -0.15) is 5.10 Å². The first-order chi connectivity index (χ1) is 15.3. The van der Waals surface area contributed by atoms with Crippen LogP contribution in [0.15, 0.2) is 66.9 Å². The summed E-state index contributed by atoms with van der Waals surface area (Å²) in [5, 5.41) is 14.3. The zero-order valence-electron chi connectivity index (χ0n) is 17.2. The average molecular weight is 419 g/mol. The van der Waals surface area contributed by atoms with E-state index in [1.54, 1.807) is 6.20 Å². The number of nitrogens with one attached hydrogen (secondary N) is 2. The Hall–Kier alpha value is -3.49. The maximum absolute atomic E-state index is 12.1. The minimum absolute atomic E-state index is 0.00117. The van der Waals surface area contributed by atoms with Crippen molar-refractivity contribution in [1.82, 2.24) is 10.2 Å². The summed E-state index contributed by atoms with van der Waals surface area (Å²) in [6, 6.07) is 19.1. The molecule has 2 heterocycles. The highest BCUT2D eigenvalue weighted by molar-refractivity contribution is 5.91. The van der Waals surface area contributed by atoms with Gasteiger partial charge in [0.05, 0.1) is 31.7 Å². The topological polar surface area (TPSA) is 88.6 Å². The molecule has 2 aromatic carbocycles. The summed E-state index contributed by atoms with van der Waals surface area (Å²) in [6.07, 6.45) is 1.76. The summed E-state index contributed by atoms with van der Waals surface area (Å²) in [5.41, 5.74) is 3.60. The van der Waals surface area contributed by atoms with Crippen LogP contribution in [0.2, 0.25) is 0 Å². The van der Waals surface area contributed by atoms with Crippen molar-refractivity contribution in [3.8, 4) is 0 Å². The van der Waals surface area contributed by atoms with E-state index in [2.05, 4.69) is 25.7 Å². The summed E-state index contributed by atoms with van der Waals surface area (Å²) in [7, 11) is 0. The highest BCUT2D eigenvalue weighted by Gasteiger charge is 2.12. The third kappa shape index (κ3) is 6.24. The van der Waals surface area contributed by atoms with Crippen molar-refractivity contribution in [3.63, 3.8) is 0 Å². The van der Waals surface area contributed by atoms with Gasteiger partial charge in [-0.25, -0.2) is 0 Å². The van der Waals surface area contributed by atoms with E-state index in [1.165, 1.54) is 0 Å². The van der Waals surface area contributed by atoms with E-state index in [4.69, 9.17) is 9.47 Å². The quantitative estimate of drug-likeness (QED) is 0.580. The maximum atomic E-state index is 12.1. The summed E-state index contributed by atoms with van der Waals surface area (Å²) in [5.74, 6) is 0.468. The second-order valence-electron chi connectivity index (χ2n) is 7.13. The molecule has 1 amide bonds. The molecule has 1 aliphatic rings. The minimum atomic E-state index is -0.194. The molecule has 0 saturated carbocycles. The SMILES string of the molecule is O=C(COCc1ccccc1)Nc1ccc(Nc2cc(N3CCOCC3)cnn2)cc1. The van der Waals surface area contributed by atoms with E-state index in [0.29, 0.717) is 18.1 Å². The lowest BCUT2D eigenvalue weighted by Crippen LogP contribution is -2.36. The van der Waals surface area contributed by atoms with Crippen molar-refractivity contribution in [2.45, 2.75) is 6.61 Å². The first-order valence-electron chi connectivity index (χ1n) is 10.2. The zero-order valence-corrected chi connectivity index (χ0v) is 17.2. The van der Waals surface area contributed by atoms with Crippen LogP contribution in [0, 0.1) is 0 Å². The van der Waals surface area contributed by atoms with E-state index in [9.17, 15) is 4.79 Å². The largest absolute Gasteiger partial charge is 0.378 e. The highest BCUT2D eigenvalue weighted by atomic mass is 16.5. The molecular formula is C23H25N5O3. The predicted molar refractivity (Wildman–Crippen MR) is 120 cm³/mol. The molecule has 1 aliphatic heterocycles. The molecule has 160 valence electrons. The van der Waals surface area contributed by atoms with Gasteiger partial charge in [0, 0.05) is 30.5 Å². The Morgan fingerprint density at radius 1 is 1.03 bits per heavy atom. The molecule has 1 saturated heterocycles. The first kappa shape index (κ1) is 20.8. The molecule has 0 bridgehead atoms. The fourth-order valence-corrected chi connectivity index (χ4v) is 3.23. The van der Waals surface area contributed by atoms with E-state index in [-0.39, 0.29) is 12.5 Å². The van der Waals surface area contributed by atoms with Crippen LogP contribution in [0.25, 0.3) is 0 Å². The molecule has 0 aliphatic carbocycles. The predicted octanol–water partition coefficient (Wildman–Crippen LogP) is 3.21. The van der Waals surface area contributed by atoms with Gasteiger partial charge in [-0.05, 0) is 29.8 Å². The highest BCUT2D eigenvalue weighted by Crippen LogP contribution is 2.21.